The molecule has 0 spiro atoms. The quantitative estimate of drug-likeness (QED) is 0.416. The lowest BCUT2D eigenvalue weighted by Crippen LogP contribution is -2.41. The van der Waals surface area contributed by atoms with Crippen LogP contribution in [-0.4, -0.2) is 36.4 Å². The molecule has 0 saturated carbocycles. The molecule has 10 nitrogen and oxygen atoms in total. The van der Waals surface area contributed by atoms with Gasteiger partial charge in [0, 0.05) is 12.6 Å². The lowest BCUT2D eigenvalue weighted by molar-refractivity contribution is 0.0894. The average Bonchev–Trinajstić information content (AvgIpc) is 3.35. The van der Waals surface area contributed by atoms with Gasteiger partial charge in [0.1, 0.15) is 0 Å². The summed E-state index contributed by atoms with van der Waals surface area (Å²) in [6.07, 6.45) is 1.53. The lowest BCUT2D eigenvalue weighted by Gasteiger charge is -2.12. The predicted molar refractivity (Wildman–Crippen MR) is 129 cm³/mol. The van der Waals surface area contributed by atoms with Crippen LogP contribution in [0.1, 0.15) is 42.1 Å². The second kappa shape index (κ2) is 10.3. The number of aryl methyl sites for hydroxylation is 2. The van der Waals surface area contributed by atoms with E-state index in [4.69, 9.17) is 4.52 Å². The normalized spacial score (nSPS) is 11.9. The highest BCUT2D eigenvalue weighted by molar-refractivity contribution is 5.90. The van der Waals surface area contributed by atoms with Crippen molar-refractivity contribution in [2.24, 2.45) is 0 Å². The first-order valence-electron chi connectivity index (χ1n) is 11.4. The van der Waals surface area contributed by atoms with E-state index in [2.05, 4.69) is 20.6 Å². The average molecular weight is 475 g/mol. The first-order valence-corrected chi connectivity index (χ1v) is 11.4. The number of carbonyl (C=O) groups is 1. The summed E-state index contributed by atoms with van der Waals surface area (Å²) in [5.41, 5.74) is 1.24. The third-order valence-electron chi connectivity index (χ3n) is 5.57. The fourth-order valence-electron chi connectivity index (χ4n) is 3.59. The number of hydrogen-bond donors (Lipinski definition) is 1. The Morgan fingerprint density at radius 3 is 2.49 bits per heavy atom. The highest BCUT2D eigenvalue weighted by Crippen LogP contribution is 2.11. The monoisotopic (exact) mass is 474 g/mol. The second-order valence-corrected chi connectivity index (χ2v) is 8.25. The first-order chi connectivity index (χ1) is 16.9. The van der Waals surface area contributed by atoms with Gasteiger partial charge in [-0.3, -0.25) is 14.2 Å². The maximum atomic E-state index is 12.9. The van der Waals surface area contributed by atoms with Crippen molar-refractivity contribution in [1.29, 1.82) is 0 Å². The minimum Gasteiger partial charge on any atom is -0.345 e. The summed E-state index contributed by atoms with van der Waals surface area (Å²) < 4.78 is 7.26. The minimum atomic E-state index is -0.662. The van der Waals surface area contributed by atoms with Crippen molar-refractivity contribution < 1.29 is 9.32 Å². The van der Waals surface area contributed by atoms with Gasteiger partial charge in [0.15, 0.2) is 5.69 Å². The summed E-state index contributed by atoms with van der Waals surface area (Å²) >= 11 is 0. The van der Waals surface area contributed by atoms with Gasteiger partial charge in [-0.1, -0.05) is 53.2 Å². The first kappa shape index (κ1) is 23.8. The van der Waals surface area contributed by atoms with Crippen LogP contribution in [0.15, 0.2) is 68.7 Å². The van der Waals surface area contributed by atoms with Crippen molar-refractivity contribution in [3.05, 3.63) is 92.5 Å². The molecule has 180 valence electrons. The number of hydrogen-bond acceptors (Lipinski definition) is 7. The molecule has 0 radical (unpaired) electrons. The van der Waals surface area contributed by atoms with Crippen LogP contribution < -0.4 is 16.6 Å². The summed E-state index contributed by atoms with van der Waals surface area (Å²) in [6, 6.07) is 16.9. The molecule has 35 heavy (non-hydrogen) atoms. The standard InChI is InChI=1S/C25H26N6O4/c1-4-30-24(33)20(28-31(25(30)34)19-14-10-16(2)11-15-19)21-27-23(35-29-21)22(32)26-17(3)12-13-18-8-6-5-7-9-18/h5-11,14-15,17H,4,12-13H2,1-3H3,(H,26,32)/t17-/m0/s1. The van der Waals surface area contributed by atoms with Crippen LogP contribution in [0.3, 0.4) is 0 Å². The number of benzene rings is 2. The van der Waals surface area contributed by atoms with Gasteiger partial charge < -0.3 is 9.84 Å². The molecule has 2 aromatic carbocycles. The zero-order valence-corrected chi connectivity index (χ0v) is 19.8. The van der Waals surface area contributed by atoms with Gasteiger partial charge in [-0.2, -0.15) is 14.8 Å². The van der Waals surface area contributed by atoms with E-state index < -0.39 is 17.2 Å². The number of rotatable bonds is 8. The third-order valence-corrected chi connectivity index (χ3v) is 5.57. The smallest absolute Gasteiger partial charge is 0.345 e. The highest BCUT2D eigenvalue weighted by atomic mass is 16.5. The molecule has 4 rings (SSSR count). The predicted octanol–water partition coefficient (Wildman–Crippen LogP) is 2.52. The van der Waals surface area contributed by atoms with Gasteiger partial charge in [-0.15, -0.1) is 0 Å². The maximum Gasteiger partial charge on any atom is 0.352 e. The Morgan fingerprint density at radius 1 is 1.09 bits per heavy atom. The number of carbonyl (C=O) groups excluding carboxylic acids is 1. The van der Waals surface area contributed by atoms with Crippen molar-refractivity contribution in [1.82, 2.24) is 29.8 Å². The van der Waals surface area contributed by atoms with E-state index in [0.29, 0.717) is 5.69 Å². The molecule has 0 fully saturated rings. The second-order valence-electron chi connectivity index (χ2n) is 8.25. The van der Waals surface area contributed by atoms with Crippen LogP contribution in [0.25, 0.3) is 17.2 Å². The van der Waals surface area contributed by atoms with E-state index in [-0.39, 0.29) is 30.0 Å². The molecular formula is C25H26N6O4. The van der Waals surface area contributed by atoms with Crippen LogP contribution in [-0.2, 0) is 13.0 Å². The number of nitrogens with zero attached hydrogens (tertiary/aromatic N) is 5. The largest absolute Gasteiger partial charge is 0.352 e. The molecule has 2 aromatic heterocycles. The lowest BCUT2D eigenvalue weighted by atomic mass is 10.1. The highest BCUT2D eigenvalue weighted by Gasteiger charge is 2.23. The van der Waals surface area contributed by atoms with E-state index in [9.17, 15) is 14.4 Å². The molecule has 10 heteroatoms. The fourth-order valence-corrected chi connectivity index (χ4v) is 3.59. The molecule has 1 atom stereocenters. The number of nitrogens with one attached hydrogen (secondary N) is 1. The summed E-state index contributed by atoms with van der Waals surface area (Å²) in [5, 5.41) is 10.8. The van der Waals surface area contributed by atoms with E-state index in [1.54, 1.807) is 19.1 Å². The molecule has 1 N–H and O–H groups in total. The summed E-state index contributed by atoms with van der Waals surface area (Å²) in [5.74, 6) is -1.00. The van der Waals surface area contributed by atoms with Crippen LogP contribution in [0, 0.1) is 6.92 Å². The van der Waals surface area contributed by atoms with Crippen LogP contribution in [0.2, 0.25) is 0 Å². The zero-order valence-electron chi connectivity index (χ0n) is 19.8. The van der Waals surface area contributed by atoms with Crippen molar-refractivity contribution in [3.8, 4) is 17.2 Å². The molecule has 0 aliphatic rings. The third kappa shape index (κ3) is 5.26. The van der Waals surface area contributed by atoms with Crippen molar-refractivity contribution in [2.45, 2.75) is 46.2 Å². The van der Waals surface area contributed by atoms with Crippen LogP contribution in [0.5, 0.6) is 0 Å². The molecule has 2 heterocycles. The molecule has 1 amide bonds. The Morgan fingerprint density at radius 2 is 1.80 bits per heavy atom. The zero-order chi connectivity index (χ0) is 24.9. The van der Waals surface area contributed by atoms with Crippen molar-refractivity contribution in [2.75, 3.05) is 0 Å². The Hall–Kier alpha value is -4.34. The topological polar surface area (TPSA) is 125 Å². The van der Waals surface area contributed by atoms with Gasteiger partial charge in [0.2, 0.25) is 5.82 Å². The Bertz CT molecular complexity index is 1440. The molecule has 0 aliphatic carbocycles. The van der Waals surface area contributed by atoms with Crippen molar-refractivity contribution in [3.63, 3.8) is 0 Å². The Labute approximate surface area is 201 Å². The number of amides is 1. The Balaban J connectivity index is 1.57. The molecular weight excluding hydrogens is 448 g/mol. The van der Waals surface area contributed by atoms with E-state index in [0.717, 1.165) is 27.7 Å². The van der Waals surface area contributed by atoms with E-state index >= 15 is 0 Å². The van der Waals surface area contributed by atoms with Gasteiger partial charge >= 0.3 is 17.5 Å². The minimum absolute atomic E-state index is 0.128. The summed E-state index contributed by atoms with van der Waals surface area (Å²) in [6.45, 7) is 5.62. The van der Waals surface area contributed by atoms with Crippen LogP contribution in [0.4, 0.5) is 0 Å². The van der Waals surface area contributed by atoms with Gasteiger partial charge in [0.25, 0.3) is 5.56 Å². The SMILES string of the molecule is CCn1c(=O)c(-c2noc(C(=O)N[C@@H](C)CCc3ccccc3)n2)nn(-c2ccc(C)cc2)c1=O. The molecule has 4 aromatic rings. The number of aromatic nitrogens is 5. The van der Waals surface area contributed by atoms with Crippen LogP contribution >= 0.6 is 0 Å². The van der Waals surface area contributed by atoms with E-state index in [1.165, 1.54) is 5.56 Å². The van der Waals surface area contributed by atoms with Gasteiger partial charge in [0.05, 0.1) is 5.69 Å². The van der Waals surface area contributed by atoms with Crippen molar-refractivity contribution >= 4 is 5.91 Å². The molecule has 0 unspecified atom stereocenters. The maximum absolute atomic E-state index is 12.9. The summed E-state index contributed by atoms with van der Waals surface area (Å²) in [4.78, 5) is 42.4. The van der Waals surface area contributed by atoms with Gasteiger partial charge in [-0.25, -0.2) is 4.79 Å². The fraction of sp³-hybridized carbons (Fsp3) is 0.280. The molecule has 0 aliphatic heterocycles. The van der Waals surface area contributed by atoms with Gasteiger partial charge in [-0.05, 0) is 51.3 Å². The Kier molecular flexibility index (Phi) is 7.00. The molecule has 0 bridgehead atoms. The molecule has 0 saturated heterocycles. The summed E-state index contributed by atoms with van der Waals surface area (Å²) in [7, 11) is 0. The van der Waals surface area contributed by atoms with E-state index in [1.807, 2.05) is 56.3 Å².